The minimum absolute atomic E-state index is 0.0676. The molecule has 15 heavy (non-hydrogen) atoms. The standard InChI is InChI=1S/C9H10BrNO2S.BH/c1-2-13-8(12)6-3-5(6)7-4-11-9(10)14-7;/h4-6H,2-3H2,1H3;1H/t5-,6-;/m0./s1/i;1D. The van der Waals surface area contributed by atoms with Crippen molar-refractivity contribution >= 4 is 41.6 Å². The van der Waals surface area contributed by atoms with Crippen LogP contribution in [0.2, 0.25) is 0 Å². The van der Waals surface area contributed by atoms with Gasteiger partial charge in [-0.1, -0.05) is 0 Å². The number of hydrogen-bond acceptors (Lipinski definition) is 4. The molecule has 0 bridgehead atoms. The van der Waals surface area contributed by atoms with Gasteiger partial charge in [0.15, 0.2) is 3.92 Å². The Balaban J connectivity index is 0.000000606. The molecule has 0 aliphatic heterocycles. The van der Waals surface area contributed by atoms with Crippen molar-refractivity contribution in [2.24, 2.45) is 5.92 Å². The van der Waals surface area contributed by atoms with Crippen molar-refractivity contribution in [1.82, 2.24) is 4.98 Å². The topological polar surface area (TPSA) is 39.2 Å². The lowest BCUT2D eigenvalue weighted by atomic mass is 10.3. The zero-order valence-corrected chi connectivity index (χ0v) is 10.7. The molecule has 1 aliphatic rings. The number of nitrogens with zero attached hydrogens (tertiary/aromatic N) is 1. The van der Waals surface area contributed by atoms with Crippen LogP contribution in [0.1, 0.15) is 24.1 Å². The van der Waals surface area contributed by atoms with E-state index >= 15 is 0 Å². The molecule has 1 aromatic rings. The summed E-state index contributed by atoms with van der Waals surface area (Å²) >= 11 is 4.90. The van der Waals surface area contributed by atoms with Crippen LogP contribution >= 0.6 is 27.3 Å². The molecule has 6 heteroatoms. The molecule has 1 saturated carbocycles. The molecular formula is C9H11BBrNO2S. The van der Waals surface area contributed by atoms with Gasteiger partial charge in [-0.25, -0.2) is 4.98 Å². The van der Waals surface area contributed by atoms with E-state index in [9.17, 15) is 4.79 Å². The maximum absolute atomic E-state index is 11.3. The van der Waals surface area contributed by atoms with E-state index in [1.807, 2.05) is 13.1 Å². The molecule has 2 radical (unpaired) electrons. The second-order valence-corrected chi connectivity index (χ2v) is 5.55. The van der Waals surface area contributed by atoms with Crippen LogP contribution in [0.5, 0.6) is 0 Å². The number of ether oxygens (including phenoxy) is 1. The molecule has 0 aromatic carbocycles. The summed E-state index contributed by atoms with van der Waals surface area (Å²) in [5, 5.41) is 0. The average Bonchev–Trinajstić information content (AvgIpc) is 2.98. The molecule has 0 unspecified atom stereocenters. The first-order valence-corrected chi connectivity index (χ1v) is 6.11. The monoisotopic (exact) mass is 288 g/mol. The molecule has 0 spiro atoms. The van der Waals surface area contributed by atoms with Crippen LogP contribution in [-0.4, -0.2) is 27.3 Å². The molecule has 1 aliphatic carbocycles. The highest BCUT2D eigenvalue weighted by molar-refractivity contribution is 9.11. The first kappa shape index (κ1) is 11.1. The fraction of sp³-hybridized carbons (Fsp3) is 0.556. The second kappa shape index (κ2) is 5.12. The highest BCUT2D eigenvalue weighted by Crippen LogP contribution is 2.50. The Morgan fingerprint density at radius 3 is 3.20 bits per heavy atom. The van der Waals surface area contributed by atoms with Gasteiger partial charge in [-0.15, -0.1) is 11.3 Å². The fourth-order valence-electron chi connectivity index (χ4n) is 1.45. The van der Waals surface area contributed by atoms with E-state index in [0.29, 0.717) is 12.5 Å². The van der Waals surface area contributed by atoms with E-state index in [4.69, 9.17) is 6.07 Å². The van der Waals surface area contributed by atoms with Gasteiger partial charge in [-0.2, -0.15) is 0 Å². The zero-order chi connectivity index (χ0) is 12.1. The number of thiazole rings is 1. The van der Waals surface area contributed by atoms with Crippen molar-refractivity contribution in [2.75, 3.05) is 6.61 Å². The van der Waals surface area contributed by atoms with Crippen molar-refractivity contribution < 1.29 is 9.53 Å². The van der Waals surface area contributed by atoms with Crippen LogP contribution in [0, 0.1) is 5.92 Å². The summed E-state index contributed by atoms with van der Waals surface area (Å²) < 4.78 is 11.1. The molecular weight excluding hydrogens is 277 g/mol. The third kappa shape index (κ3) is 2.81. The highest BCUT2D eigenvalue weighted by atomic mass is 79.9. The third-order valence-corrected chi connectivity index (χ3v) is 3.85. The molecule has 0 N–H and O–H groups in total. The Morgan fingerprint density at radius 2 is 2.67 bits per heavy atom. The number of halogens is 1. The van der Waals surface area contributed by atoms with Crippen LogP contribution < -0.4 is 0 Å². The minimum atomic E-state index is -0.0676. The van der Waals surface area contributed by atoms with E-state index in [2.05, 4.69) is 29.3 Å². The molecule has 80 valence electrons. The van der Waals surface area contributed by atoms with Gasteiger partial charge in [0.2, 0.25) is 0 Å². The molecule has 1 heterocycles. The number of hydrogen-bond donors (Lipinski definition) is 0. The van der Waals surface area contributed by atoms with Crippen LogP contribution in [0.3, 0.4) is 0 Å². The van der Waals surface area contributed by atoms with Crippen LogP contribution in [0.25, 0.3) is 0 Å². The summed E-state index contributed by atoms with van der Waals surface area (Å²) in [5.41, 5.74) is 0. The van der Waals surface area contributed by atoms with Crippen molar-refractivity contribution in [1.29, 1.82) is 1.34 Å². The number of carbonyl (C=O) groups excluding carboxylic acids is 1. The number of carbonyl (C=O) groups is 1. The quantitative estimate of drug-likeness (QED) is 0.630. The number of aromatic nitrogens is 1. The van der Waals surface area contributed by atoms with Crippen molar-refractivity contribution in [2.45, 2.75) is 19.3 Å². The van der Waals surface area contributed by atoms with Crippen LogP contribution in [-0.2, 0) is 9.53 Å². The van der Waals surface area contributed by atoms with Crippen LogP contribution in [0.4, 0.5) is 0 Å². The Hall–Kier alpha value is -0.355. The van der Waals surface area contributed by atoms with Gasteiger partial charge in [0.25, 0.3) is 0 Å². The molecule has 1 fully saturated rings. The smallest absolute Gasteiger partial charge is 0.309 e. The zero-order valence-electron chi connectivity index (χ0n) is 9.27. The summed E-state index contributed by atoms with van der Waals surface area (Å²) in [6.07, 6.45) is 2.74. The Morgan fingerprint density at radius 1 is 1.93 bits per heavy atom. The Labute approximate surface area is 104 Å². The Bertz CT molecular complexity index is 363. The van der Waals surface area contributed by atoms with Gasteiger partial charge >= 0.3 is 5.97 Å². The predicted octanol–water partition coefficient (Wildman–Crippen LogP) is 1.92. The summed E-state index contributed by atoms with van der Waals surface area (Å²) in [5.74, 6) is 0.349. The van der Waals surface area contributed by atoms with Gasteiger partial charge in [-0.05, 0) is 30.6 Å². The summed E-state index contributed by atoms with van der Waals surface area (Å²) in [6.45, 7) is 2.30. The average molecular weight is 289 g/mol. The molecule has 0 amide bonds. The second-order valence-electron chi connectivity index (χ2n) is 3.22. The lowest BCUT2D eigenvalue weighted by molar-refractivity contribution is -0.144. The lowest BCUT2D eigenvalue weighted by Gasteiger charge is -1.98. The van der Waals surface area contributed by atoms with E-state index < -0.39 is 0 Å². The number of esters is 1. The first-order valence-electron chi connectivity index (χ1n) is 5.08. The van der Waals surface area contributed by atoms with Crippen molar-refractivity contribution in [3.8, 4) is 0 Å². The predicted molar refractivity (Wildman–Crippen MR) is 64.4 cm³/mol. The molecule has 2 atom stereocenters. The lowest BCUT2D eigenvalue weighted by Crippen LogP contribution is -2.06. The molecule has 3 nitrogen and oxygen atoms in total. The van der Waals surface area contributed by atoms with Crippen molar-refractivity contribution in [3.05, 3.63) is 15.0 Å². The first-order chi connectivity index (χ1) is 7.72. The third-order valence-electron chi connectivity index (χ3n) is 2.24. The van der Waals surface area contributed by atoms with E-state index in [-0.39, 0.29) is 11.9 Å². The minimum Gasteiger partial charge on any atom is -0.466 e. The van der Waals surface area contributed by atoms with Gasteiger partial charge in [0, 0.05) is 25.4 Å². The summed E-state index contributed by atoms with van der Waals surface area (Å²) in [4.78, 5) is 16.6. The van der Waals surface area contributed by atoms with E-state index in [1.54, 1.807) is 11.3 Å². The van der Waals surface area contributed by atoms with Gasteiger partial charge in [0.1, 0.15) is 0 Å². The fourth-order valence-corrected chi connectivity index (χ4v) is 2.94. The number of rotatable bonds is 3. The highest BCUT2D eigenvalue weighted by Gasteiger charge is 2.46. The Kier molecular flexibility index (Phi) is 3.80. The summed E-state index contributed by atoms with van der Waals surface area (Å²) in [6, 6.07) is 0. The SMILES string of the molecule is CCOC(=O)[C@H]1C[C@@H]1c1cnc(Br)s1.[2H][B]. The molecule has 1 aromatic heterocycles. The van der Waals surface area contributed by atoms with Gasteiger partial charge in [0.05, 0.1) is 12.5 Å². The van der Waals surface area contributed by atoms with E-state index in [1.165, 1.54) is 4.88 Å². The summed E-state index contributed by atoms with van der Waals surface area (Å²) in [7, 11) is 3.75. The van der Waals surface area contributed by atoms with E-state index in [0.717, 1.165) is 10.3 Å². The van der Waals surface area contributed by atoms with Crippen molar-refractivity contribution in [3.63, 3.8) is 0 Å². The molecule has 2 rings (SSSR count). The maximum Gasteiger partial charge on any atom is 0.309 e. The van der Waals surface area contributed by atoms with Crippen LogP contribution in [0.15, 0.2) is 10.1 Å². The maximum atomic E-state index is 11.3. The molecule has 0 saturated heterocycles. The van der Waals surface area contributed by atoms with Gasteiger partial charge < -0.3 is 4.74 Å². The normalized spacial score (nSPS) is 23.5. The van der Waals surface area contributed by atoms with Gasteiger partial charge in [-0.3, -0.25) is 4.79 Å². The largest absolute Gasteiger partial charge is 0.466 e.